The summed E-state index contributed by atoms with van der Waals surface area (Å²) in [5.74, 6) is 1.11. The SMILES string of the molecule is Cc1cc(N(C2CC2)C2CCN(Cc3ccon3)CC2)ncn1. The van der Waals surface area contributed by atoms with Crippen LogP contribution in [-0.2, 0) is 6.54 Å². The van der Waals surface area contributed by atoms with Crippen molar-refractivity contribution in [3.8, 4) is 0 Å². The predicted octanol–water partition coefficient (Wildman–Crippen LogP) is 2.41. The van der Waals surface area contributed by atoms with Gasteiger partial charge in [-0.25, -0.2) is 9.97 Å². The van der Waals surface area contributed by atoms with E-state index in [1.54, 1.807) is 12.6 Å². The lowest BCUT2D eigenvalue weighted by atomic mass is 10.0. The Bertz CT molecular complexity index is 632. The van der Waals surface area contributed by atoms with Gasteiger partial charge in [-0.15, -0.1) is 0 Å². The molecule has 0 amide bonds. The molecular formula is C17H23N5O. The van der Waals surface area contributed by atoms with Crippen molar-refractivity contribution in [1.82, 2.24) is 20.0 Å². The van der Waals surface area contributed by atoms with Gasteiger partial charge in [-0.3, -0.25) is 4.90 Å². The zero-order valence-electron chi connectivity index (χ0n) is 13.6. The molecule has 2 aromatic rings. The fourth-order valence-electron chi connectivity index (χ4n) is 3.51. The third-order valence-corrected chi connectivity index (χ3v) is 4.82. The first-order valence-corrected chi connectivity index (χ1v) is 8.48. The first-order valence-electron chi connectivity index (χ1n) is 8.48. The number of aryl methyl sites for hydroxylation is 1. The quantitative estimate of drug-likeness (QED) is 0.845. The first-order chi connectivity index (χ1) is 11.3. The average molecular weight is 313 g/mol. The summed E-state index contributed by atoms with van der Waals surface area (Å²) >= 11 is 0. The highest BCUT2D eigenvalue weighted by Gasteiger charge is 2.36. The molecule has 1 aliphatic carbocycles. The van der Waals surface area contributed by atoms with E-state index in [1.165, 1.54) is 25.7 Å². The normalized spacial score (nSPS) is 19.9. The Morgan fingerprint density at radius 2 is 1.96 bits per heavy atom. The molecule has 0 radical (unpaired) electrons. The minimum absolute atomic E-state index is 0.588. The molecule has 0 bridgehead atoms. The molecule has 0 atom stereocenters. The van der Waals surface area contributed by atoms with Crippen LogP contribution >= 0.6 is 0 Å². The Labute approximate surface area is 136 Å². The minimum Gasteiger partial charge on any atom is -0.364 e. The predicted molar refractivity (Wildman–Crippen MR) is 87.1 cm³/mol. The van der Waals surface area contributed by atoms with Gasteiger partial charge in [0.2, 0.25) is 0 Å². The lowest BCUT2D eigenvalue weighted by molar-refractivity contribution is 0.195. The van der Waals surface area contributed by atoms with E-state index >= 15 is 0 Å². The van der Waals surface area contributed by atoms with Crippen LogP contribution in [0.2, 0.25) is 0 Å². The van der Waals surface area contributed by atoms with Gasteiger partial charge in [0, 0.05) is 49.5 Å². The highest BCUT2D eigenvalue weighted by Crippen LogP contribution is 2.35. The van der Waals surface area contributed by atoms with Crippen molar-refractivity contribution >= 4 is 5.82 Å². The third-order valence-electron chi connectivity index (χ3n) is 4.82. The van der Waals surface area contributed by atoms with Crippen molar-refractivity contribution in [3.05, 3.63) is 36.1 Å². The van der Waals surface area contributed by atoms with E-state index in [9.17, 15) is 0 Å². The van der Waals surface area contributed by atoms with Crippen LogP contribution in [0.5, 0.6) is 0 Å². The summed E-state index contributed by atoms with van der Waals surface area (Å²) in [4.78, 5) is 13.8. The van der Waals surface area contributed by atoms with Gasteiger partial charge in [0.25, 0.3) is 0 Å². The molecule has 2 fully saturated rings. The zero-order valence-corrected chi connectivity index (χ0v) is 13.6. The van der Waals surface area contributed by atoms with Gasteiger partial charge in [0.15, 0.2) is 0 Å². The maximum atomic E-state index is 4.93. The fourth-order valence-corrected chi connectivity index (χ4v) is 3.51. The van der Waals surface area contributed by atoms with Gasteiger partial charge in [0.05, 0.1) is 5.69 Å². The molecule has 122 valence electrons. The number of nitrogens with zero attached hydrogens (tertiary/aromatic N) is 5. The molecule has 0 spiro atoms. The summed E-state index contributed by atoms with van der Waals surface area (Å²) in [7, 11) is 0. The van der Waals surface area contributed by atoms with Gasteiger partial charge in [0.1, 0.15) is 18.4 Å². The lowest BCUT2D eigenvalue weighted by Gasteiger charge is -2.39. The largest absolute Gasteiger partial charge is 0.364 e. The Hall–Kier alpha value is -1.95. The molecule has 0 aromatic carbocycles. The van der Waals surface area contributed by atoms with Crippen molar-refractivity contribution < 1.29 is 4.52 Å². The van der Waals surface area contributed by atoms with Crippen molar-refractivity contribution in [2.75, 3.05) is 18.0 Å². The molecule has 1 saturated carbocycles. The van der Waals surface area contributed by atoms with Crippen LogP contribution in [0.25, 0.3) is 0 Å². The summed E-state index contributed by atoms with van der Waals surface area (Å²) in [6.45, 7) is 5.13. The molecule has 2 aliphatic rings. The maximum absolute atomic E-state index is 4.93. The summed E-state index contributed by atoms with van der Waals surface area (Å²) in [5.41, 5.74) is 2.07. The highest BCUT2D eigenvalue weighted by atomic mass is 16.5. The van der Waals surface area contributed by atoms with E-state index in [0.717, 1.165) is 36.8 Å². The van der Waals surface area contributed by atoms with Crippen molar-refractivity contribution in [2.45, 2.75) is 51.2 Å². The summed E-state index contributed by atoms with van der Waals surface area (Å²) in [5, 5.41) is 4.02. The smallest absolute Gasteiger partial charge is 0.132 e. The van der Waals surface area contributed by atoms with Crippen LogP contribution < -0.4 is 4.90 Å². The number of aromatic nitrogens is 3. The van der Waals surface area contributed by atoms with Gasteiger partial charge in [-0.2, -0.15) is 0 Å². The molecule has 0 unspecified atom stereocenters. The number of rotatable bonds is 5. The van der Waals surface area contributed by atoms with Crippen LogP contribution in [0.15, 0.2) is 29.2 Å². The number of hydrogen-bond acceptors (Lipinski definition) is 6. The summed E-state index contributed by atoms with van der Waals surface area (Å²) < 4.78 is 4.93. The number of anilines is 1. The second kappa shape index (κ2) is 6.28. The lowest BCUT2D eigenvalue weighted by Crippen LogP contribution is -2.46. The van der Waals surface area contributed by atoms with Crippen LogP contribution in [-0.4, -0.2) is 45.2 Å². The third kappa shape index (κ3) is 3.37. The summed E-state index contributed by atoms with van der Waals surface area (Å²) in [6, 6.07) is 5.34. The second-order valence-electron chi connectivity index (χ2n) is 6.65. The van der Waals surface area contributed by atoms with Crippen LogP contribution in [0.1, 0.15) is 37.1 Å². The maximum Gasteiger partial charge on any atom is 0.132 e. The minimum atomic E-state index is 0.588. The molecule has 2 aromatic heterocycles. The molecule has 1 saturated heterocycles. The molecule has 3 heterocycles. The second-order valence-corrected chi connectivity index (χ2v) is 6.65. The van der Waals surface area contributed by atoms with E-state index in [1.807, 2.05) is 13.0 Å². The molecular weight excluding hydrogens is 290 g/mol. The van der Waals surface area contributed by atoms with Gasteiger partial charge in [-0.05, 0) is 32.6 Å². The van der Waals surface area contributed by atoms with Crippen LogP contribution in [0, 0.1) is 6.92 Å². The molecule has 6 heteroatoms. The fraction of sp³-hybridized carbons (Fsp3) is 0.588. The topological polar surface area (TPSA) is 58.3 Å². The van der Waals surface area contributed by atoms with Crippen molar-refractivity contribution in [2.24, 2.45) is 0 Å². The van der Waals surface area contributed by atoms with E-state index in [0.29, 0.717) is 12.1 Å². The molecule has 23 heavy (non-hydrogen) atoms. The molecule has 4 rings (SSSR count). The molecule has 1 aliphatic heterocycles. The monoisotopic (exact) mass is 313 g/mol. The zero-order chi connectivity index (χ0) is 15.6. The van der Waals surface area contributed by atoms with E-state index in [4.69, 9.17) is 4.52 Å². The van der Waals surface area contributed by atoms with Gasteiger partial charge in [-0.1, -0.05) is 5.16 Å². The number of likely N-dealkylation sites (tertiary alicyclic amines) is 1. The van der Waals surface area contributed by atoms with E-state index < -0.39 is 0 Å². The van der Waals surface area contributed by atoms with Gasteiger partial charge < -0.3 is 9.42 Å². The van der Waals surface area contributed by atoms with E-state index in [2.05, 4.69) is 31.0 Å². The highest BCUT2D eigenvalue weighted by molar-refractivity contribution is 5.43. The van der Waals surface area contributed by atoms with Crippen molar-refractivity contribution in [3.63, 3.8) is 0 Å². The van der Waals surface area contributed by atoms with Crippen LogP contribution in [0.4, 0.5) is 5.82 Å². The Kier molecular flexibility index (Phi) is 3.99. The Morgan fingerprint density at radius 3 is 2.61 bits per heavy atom. The summed E-state index contributed by atoms with van der Waals surface area (Å²) in [6.07, 6.45) is 8.29. The number of piperidine rings is 1. The Balaban J connectivity index is 1.41. The Morgan fingerprint density at radius 1 is 1.17 bits per heavy atom. The van der Waals surface area contributed by atoms with Gasteiger partial charge >= 0.3 is 0 Å². The first kappa shape index (κ1) is 14.6. The van der Waals surface area contributed by atoms with E-state index in [-0.39, 0.29) is 0 Å². The standard InChI is InChI=1S/C17H23N5O/c1-13-10-17(19-12-18-13)22(15-2-3-15)16-4-7-21(8-5-16)11-14-6-9-23-20-14/h6,9-10,12,15-16H,2-5,7-8,11H2,1H3. The molecule has 6 nitrogen and oxygen atoms in total. The molecule has 0 N–H and O–H groups in total. The van der Waals surface area contributed by atoms with Crippen LogP contribution in [0.3, 0.4) is 0 Å². The number of hydrogen-bond donors (Lipinski definition) is 0. The van der Waals surface area contributed by atoms with Crippen molar-refractivity contribution in [1.29, 1.82) is 0 Å². The average Bonchev–Trinajstić information content (AvgIpc) is 3.25.